The minimum absolute atomic E-state index is 0.00409. The van der Waals surface area contributed by atoms with Gasteiger partial charge in [0.2, 0.25) is 5.16 Å². The van der Waals surface area contributed by atoms with Crippen molar-refractivity contribution in [2.24, 2.45) is 0 Å². The first-order valence-corrected chi connectivity index (χ1v) is 9.75. The topological polar surface area (TPSA) is 42.7 Å². The van der Waals surface area contributed by atoms with Crippen molar-refractivity contribution < 1.29 is 0 Å². The molecule has 126 valence electrons. The number of hydrogen-bond donors (Lipinski definition) is 1. The summed E-state index contributed by atoms with van der Waals surface area (Å²) >= 11 is 11.5. The second-order valence-corrected chi connectivity index (χ2v) is 8.08. The first kappa shape index (κ1) is 16.7. The molecular weight excluding hydrogens is 420 g/mol. The largest absolute Gasteiger partial charge is 0.304 e. The van der Waals surface area contributed by atoms with Crippen molar-refractivity contribution >= 4 is 44.3 Å². The molecule has 2 heterocycles. The van der Waals surface area contributed by atoms with Crippen molar-refractivity contribution in [3.63, 3.8) is 0 Å². The number of fused-ring (bicyclic) bond motifs is 1. The molecule has 25 heavy (non-hydrogen) atoms. The zero-order chi connectivity index (χ0) is 17.4. The quantitative estimate of drug-likeness (QED) is 0.611. The lowest BCUT2D eigenvalue weighted by atomic mass is 10.1. The fourth-order valence-corrected chi connectivity index (χ4v) is 4.15. The van der Waals surface area contributed by atoms with E-state index in [1.807, 2.05) is 47.2 Å². The number of rotatable bonds is 3. The maximum Gasteiger partial charge on any atom is 0.212 e. The smallest absolute Gasteiger partial charge is 0.212 e. The second kappa shape index (κ2) is 6.86. The van der Waals surface area contributed by atoms with E-state index in [1.165, 1.54) is 0 Å². The zero-order valence-electron chi connectivity index (χ0n) is 13.3. The zero-order valence-corrected chi connectivity index (χ0v) is 16.4. The highest BCUT2D eigenvalue weighted by Gasteiger charge is 2.26. The summed E-state index contributed by atoms with van der Waals surface area (Å²) in [5, 5.41) is 10.2. The van der Waals surface area contributed by atoms with E-state index >= 15 is 0 Å². The van der Waals surface area contributed by atoms with Crippen molar-refractivity contribution in [2.45, 2.75) is 17.5 Å². The van der Waals surface area contributed by atoms with Crippen molar-refractivity contribution in [2.75, 3.05) is 5.43 Å². The van der Waals surface area contributed by atoms with Crippen molar-refractivity contribution in [3.8, 4) is 11.4 Å². The Kier molecular flexibility index (Phi) is 4.58. The van der Waals surface area contributed by atoms with Crippen LogP contribution >= 0.6 is 39.3 Å². The fourth-order valence-electron chi connectivity index (χ4n) is 2.64. The Morgan fingerprint density at radius 1 is 1.20 bits per heavy atom. The van der Waals surface area contributed by atoms with Gasteiger partial charge in [-0.15, -0.1) is 10.2 Å². The highest BCUT2D eigenvalue weighted by molar-refractivity contribution is 9.10. The van der Waals surface area contributed by atoms with Crippen molar-refractivity contribution in [3.05, 3.63) is 70.2 Å². The van der Waals surface area contributed by atoms with Crippen LogP contribution in [-0.4, -0.2) is 20.2 Å². The average Bonchev–Trinajstić information content (AvgIpc) is 3.16. The van der Waals surface area contributed by atoms with E-state index < -0.39 is 0 Å². The predicted molar refractivity (Wildman–Crippen MR) is 107 cm³/mol. The van der Waals surface area contributed by atoms with Crippen LogP contribution in [0.3, 0.4) is 0 Å². The molecule has 1 aliphatic rings. The van der Waals surface area contributed by atoms with Gasteiger partial charge in [-0.2, -0.15) is 0 Å². The molecule has 0 amide bonds. The van der Waals surface area contributed by atoms with Gasteiger partial charge in [-0.1, -0.05) is 75.7 Å². The number of benzene rings is 2. The van der Waals surface area contributed by atoms with Crippen LogP contribution in [0.2, 0.25) is 0 Å². The van der Waals surface area contributed by atoms with Gasteiger partial charge in [0.1, 0.15) is 5.37 Å². The van der Waals surface area contributed by atoms with E-state index in [1.54, 1.807) is 11.8 Å². The van der Waals surface area contributed by atoms with E-state index in [0.29, 0.717) is 5.03 Å². The summed E-state index contributed by atoms with van der Waals surface area (Å²) in [6, 6.07) is 16.1. The second-order valence-electron chi connectivity index (χ2n) is 5.65. The van der Waals surface area contributed by atoms with Crippen LogP contribution in [0.25, 0.3) is 16.4 Å². The minimum atomic E-state index is 0.00409. The Morgan fingerprint density at radius 2 is 1.96 bits per heavy atom. The molecule has 2 aromatic carbocycles. The van der Waals surface area contributed by atoms with Crippen LogP contribution in [0.15, 0.2) is 64.2 Å². The number of hydrogen-bond acceptors (Lipinski definition) is 4. The summed E-state index contributed by atoms with van der Waals surface area (Å²) in [6.45, 7) is 2.07. The molecule has 1 N–H and O–H groups in total. The van der Waals surface area contributed by atoms with Gasteiger partial charge < -0.3 is 5.43 Å². The molecule has 0 aliphatic carbocycles. The van der Waals surface area contributed by atoms with Gasteiger partial charge in [-0.3, -0.25) is 0 Å². The van der Waals surface area contributed by atoms with E-state index in [0.717, 1.165) is 32.1 Å². The summed E-state index contributed by atoms with van der Waals surface area (Å²) in [5.74, 6) is 0.816. The maximum absolute atomic E-state index is 6.48. The summed E-state index contributed by atoms with van der Waals surface area (Å²) in [6.07, 6.45) is 1.99. The molecule has 1 unspecified atom stereocenters. The van der Waals surface area contributed by atoms with Crippen LogP contribution in [0.1, 0.15) is 11.1 Å². The van der Waals surface area contributed by atoms with Crippen LogP contribution in [0.5, 0.6) is 0 Å². The Morgan fingerprint density at radius 3 is 2.72 bits per heavy atom. The van der Waals surface area contributed by atoms with Crippen LogP contribution in [0, 0.1) is 6.92 Å². The molecule has 3 aromatic rings. The monoisotopic (exact) mass is 432 g/mol. The van der Waals surface area contributed by atoms with Gasteiger partial charge in [0.25, 0.3) is 0 Å². The Balaban J connectivity index is 1.59. The standard InChI is InChI=1S/C18H14BrClN4S/c1-11-4-2-3-5-14(11)17-21-22-18-24(17)23-16(25-18)10-15(20)12-6-8-13(19)9-7-12/h2-10,16,23H,1H3/b15-10-. The number of nitrogens with zero attached hydrogens (tertiary/aromatic N) is 3. The summed E-state index contributed by atoms with van der Waals surface area (Å²) in [4.78, 5) is 0. The highest BCUT2D eigenvalue weighted by atomic mass is 79.9. The molecular formula is C18H14BrClN4S. The Bertz CT molecular complexity index is 952. The third-order valence-corrected chi connectivity index (χ3v) is 5.77. The average molecular weight is 434 g/mol. The summed E-state index contributed by atoms with van der Waals surface area (Å²) in [5.41, 5.74) is 6.62. The molecule has 0 saturated heterocycles. The lowest BCUT2D eigenvalue weighted by Crippen LogP contribution is -2.18. The minimum Gasteiger partial charge on any atom is -0.304 e. The molecule has 0 radical (unpaired) electrons. The molecule has 4 rings (SSSR count). The molecule has 4 nitrogen and oxygen atoms in total. The Labute approximate surface area is 163 Å². The van der Waals surface area contributed by atoms with Crippen LogP contribution in [0.4, 0.5) is 0 Å². The summed E-state index contributed by atoms with van der Waals surface area (Å²) < 4.78 is 2.96. The van der Waals surface area contributed by atoms with E-state index in [-0.39, 0.29) is 5.37 Å². The van der Waals surface area contributed by atoms with Gasteiger partial charge >= 0.3 is 0 Å². The molecule has 1 aliphatic heterocycles. The number of aryl methyl sites for hydroxylation is 1. The van der Waals surface area contributed by atoms with Crippen molar-refractivity contribution in [1.82, 2.24) is 14.9 Å². The molecule has 0 bridgehead atoms. The third kappa shape index (κ3) is 3.34. The fraction of sp³-hybridized carbons (Fsp3) is 0.111. The Hall–Kier alpha value is -1.76. The van der Waals surface area contributed by atoms with Gasteiger partial charge in [0.15, 0.2) is 5.82 Å². The van der Waals surface area contributed by atoms with Gasteiger partial charge in [0, 0.05) is 15.1 Å². The predicted octanol–water partition coefficient (Wildman–Crippen LogP) is 5.27. The van der Waals surface area contributed by atoms with E-state index in [2.05, 4.69) is 50.6 Å². The van der Waals surface area contributed by atoms with Crippen LogP contribution in [-0.2, 0) is 0 Å². The third-order valence-electron chi connectivity index (χ3n) is 3.93. The first-order valence-electron chi connectivity index (χ1n) is 7.70. The van der Waals surface area contributed by atoms with Crippen LogP contribution < -0.4 is 5.43 Å². The molecule has 1 aromatic heterocycles. The normalized spacial score (nSPS) is 16.6. The lowest BCUT2D eigenvalue weighted by Gasteiger charge is -2.10. The van der Waals surface area contributed by atoms with Gasteiger partial charge in [0.05, 0.1) is 0 Å². The first-order chi connectivity index (χ1) is 12.1. The van der Waals surface area contributed by atoms with Crippen molar-refractivity contribution in [1.29, 1.82) is 0 Å². The van der Waals surface area contributed by atoms with Gasteiger partial charge in [-0.25, -0.2) is 4.68 Å². The molecule has 1 atom stereocenters. The maximum atomic E-state index is 6.48. The number of nitrogens with one attached hydrogen (secondary N) is 1. The van der Waals surface area contributed by atoms with E-state index in [4.69, 9.17) is 11.6 Å². The molecule has 7 heteroatoms. The summed E-state index contributed by atoms with van der Waals surface area (Å²) in [7, 11) is 0. The molecule has 0 saturated carbocycles. The number of aromatic nitrogens is 3. The SMILES string of the molecule is Cc1ccccc1-c1nnc2n1NC(/C=C(\Cl)c1ccc(Br)cc1)S2. The number of thioether (sulfide) groups is 1. The highest BCUT2D eigenvalue weighted by Crippen LogP contribution is 2.34. The molecule has 0 fully saturated rings. The van der Waals surface area contributed by atoms with Gasteiger partial charge in [-0.05, 0) is 36.3 Å². The number of halogens is 2. The van der Waals surface area contributed by atoms with E-state index in [9.17, 15) is 0 Å². The lowest BCUT2D eigenvalue weighted by molar-refractivity contribution is 0.811. The molecule has 0 spiro atoms.